The Morgan fingerprint density at radius 1 is 1.16 bits per heavy atom. The lowest BCUT2D eigenvalue weighted by molar-refractivity contribution is 0.445. The molecule has 0 spiro atoms. The molecule has 2 aromatic heterocycles. The van der Waals surface area contributed by atoms with Crippen molar-refractivity contribution in [1.29, 1.82) is 0 Å². The molecule has 1 saturated heterocycles. The van der Waals surface area contributed by atoms with Crippen LogP contribution in [0.25, 0.3) is 21.3 Å². The van der Waals surface area contributed by atoms with E-state index in [0.29, 0.717) is 5.92 Å². The molecule has 0 amide bonds. The lowest BCUT2D eigenvalue weighted by Crippen LogP contribution is -2.35. The van der Waals surface area contributed by atoms with Gasteiger partial charge in [-0.25, -0.2) is 14.4 Å². The van der Waals surface area contributed by atoms with E-state index in [1.54, 1.807) is 11.3 Å². The molecule has 130 valence electrons. The summed E-state index contributed by atoms with van der Waals surface area (Å²) < 4.78 is 13.4. The highest BCUT2D eigenvalue weighted by molar-refractivity contribution is 7.19. The van der Waals surface area contributed by atoms with Crippen molar-refractivity contribution in [3.63, 3.8) is 0 Å². The zero-order valence-electron chi connectivity index (χ0n) is 14.8. The third-order valence-electron chi connectivity index (χ3n) is 4.91. The Balaban J connectivity index is 1.94. The van der Waals surface area contributed by atoms with Crippen LogP contribution in [0.2, 0.25) is 0 Å². The molecule has 3 aromatic rings. The molecule has 0 saturated carbocycles. The van der Waals surface area contributed by atoms with Crippen LogP contribution in [0.5, 0.6) is 0 Å². The summed E-state index contributed by atoms with van der Waals surface area (Å²) in [6.07, 6.45) is 2.47. The fourth-order valence-corrected chi connectivity index (χ4v) is 4.86. The molecule has 3 heterocycles. The van der Waals surface area contributed by atoms with Gasteiger partial charge in [0.2, 0.25) is 0 Å². The summed E-state index contributed by atoms with van der Waals surface area (Å²) in [5.41, 5.74) is 2.18. The second-order valence-electron chi connectivity index (χ2n) is 7.01. The van der Waals surface area contributed by atoms with Crippen molar-refractivity contribution in [1.82, 2.24) is 9.97 Å². The molecule has 0 aliphatic carbocycles. The summed E-state index contributed by atoms with van der Waals surface area (Å²) in [6.45, 7) is 8.44. The van der Waals surface area contributed by atoms with E-state index in [1.165, 1.54) is 29.9 Å². The van der Waals surface area contributed by atoms with Crippen LogP contribution >= 0.6 is 11.3 Å². The first-order valence-electron chi connectivity index (χ1n) is 8.81. The van der Waals surface area contributed by atoms with Crippen molar-refractivity contribution in [2.45, 2.75) is 33.6 Å². The Morgan fingerprint density at radius 3 is 2.64 bits per heavy atom. The van der Waals surface area contributed by atoms with Gasteiger partial charge in [0, 0.05) is 23.5 Å². The molecule has 0 bridgehead atoms. The largest absolute Gasteiger partial charge is 0.356 e. The van der Waals surface area contributed by atoms with Crippen LogP contribution in [0.15, 0.2) is 24.3 Å². The zero-order valence-corrected chi connectivity index (χ0v) is 15.7. The second-order valence-corrected chi connectivity index (χ2v) is 8.21. The molecule has 1 aliphatic rings. The topological polar surface area (TPSA) is 29.0 Å². The highest BCUT2D eigenvalue weighted by Crippen LogP contribution is 2.42. The third-order valence-corrected chi connectivity index (χ3v) is 5.91. The highest BCUT2D eigenvalue weighted by atomic mass is 32.1. The zero-order chi connectivity index (χ0) is 17.6. The number of hydrogen-bond acceptors (Lipinski definition) is 4. The van der Waals surface area contributed by atoms with E-state index in [4.69, 9.17) is 4.98 Å². The van der Waals surface area contributed by atoms with Gasteiger partial charge in [-0.15, -0.1) is 11.3 Å². The van der Waals surface area contributed by atoms with E-state index in [2.05, 4.69) is 23.7 Å². The monoisotopic (exact) mass is 355 g/mol. The quantitative estimate of drug-likeness (QED) is 0.620. The maximum Gasteiger partial charge on any atom is 0.141 e. The number of rotatable bonds is 2. The number of aromatic nitrogens is 2. The molecule has 3 nitrogen and oxygen atoms in total. The predicted molar refractivity (Wildman–Crippen MR) is 103 cm³/mol. The second kappa shape index (κ2) is 6.37. The number of anilines is 1. The van der Waals surface area contributed by atoms with E-state index in [0.717, 1.165) is 46.1 Å². The number of fused-ring (bicyclic) bond motifs is 1. The number of halogens is 1. The number of nitrogens with zero attached hydrogens (tertiary/aromatic N) is 3. The summed E-state index contributed by atoms with van der Waals surface area (Å²) in [4.78, 5) is 14.1. The fourth-order valence-electron chi connectivity index (χ4n) is 3.77. The van der Waals surface area contributed by atoms with Crippen LogP contribution in [0.4, 0.5) is 10.2 Å². The third kappa shape index (κ3) is 3.01. The lowest BCUT2D eigenvalue weighted by Gasteiger charge is -2.32. The van der Waals surface area contributed by atoms with Gasteiger partial charge in [0.15, 0.2) is 0 Å². The lowest BCUT2D eigenvalue weighted by atomic mass is 9.99. The highest BCUT2D eigenvalue weighted by Gasteiger charge is 2.24. The maximum absolute atomic E-state index is 13.4. The summed E-state index contributed by atoms with van der Waals surface area (Å²) in [5, 5.41) is 1.12. The van der Waals surface area contributed by atoms with Gasteiger partial charge in [-0.2, -0.15) is 0 Å². The summed E-state index contributed by atoms with van der Waals surface area (Å²) in [7, 11) is 0. The van der Waals surface area contributed by atoms with Crippen LogP contribution in [0.1, 0.15) is 30.5 Å². The van der Waals surface area contributed by atoms with Crippen molar-refractivity contribution in [3.05, 3.63) is 40.8 Å². The van der Waals surface area contributed by atoms with Gasteiger partial charge >= 0.3 is 0 Å². The van der Waals surface area contributed by atoms with Crippen molar-refractivity contribution < 1.29 is 4.39 Å². The Bertz CT molecular complexity index is 917. The number of hydrogen-bond donors (Lipinski definition) is 0. The van der Waals surface area contributed by atoms with E-state index in [9.17, 15) is 4.39 Å². The summed E-state index contributed by atoms with van der Waals surface area (Å²) in [6, 6.07) is 6.75. The molecule has 4 rings (SSSR count). The molecule has 1 aromatic carbocycles. The van der Waals surface area contributed by atoms with Crippen LogP contribution in [0, 0.1) is 25.6 Å². The molecule has 0 N–H and O–H groups in total. The molecule has 1 aliphatic heterocycles. The van der Waals surface area contributed by atoms with Gasteiger partial charge in [-0.05, 0) is 50.3 Å². The van der Waals surface area contributed by atoms with Crippen LogP contribution in [-0.4, -0.2) is 23.1 Å². The molecular weight excluding hydrogens is 333 g/mol. The van der Waals surface area contributed by atoms with Crippen LogP contribution < -0.4 is 4.90 Å². The minimum atomic E-state index is -0.210. The average molecular weight is 355 g/mol. The van der Waals surface area contributed by atoms with Gasteiger partial charge in [0.1, 0.15) is 22.3 Å². The normalized spacial score (nSPS) is 18.1. The van der Waals surface area contributed by atoms with Gasteiger partial charge < -0.3 is 4.90 Å². The van der Waals surface area contributed by atoms with Gasteiger partial charge in [-0.1, -0.05) is 19.1 Å². The van der Waals surface area contributed by atoms with E-state index >= 15 is 0 Å². The van der Waals surface area contributed by atoms with Crippen molar-refractivity contribution in [3.8, 4) is 11.1 Å². The van der Waals surface area contributed by atoms with Crippen molar-refractivity contribution >= 4 is 27.4 Å². The van der Waals surface area contributed by atoms with Gasteiger partial charge in [0.25, 0.3) is 0 Å². The predicted octanol–water partition coefficient (Wildman–Crippen LogP) is 5.35. The standard InChI is InChI=1S/C20H22FN3S/c1-12-5-4-10-24(11-12)19-18-17(15-6-8-16(21)9-7-15)13(2)25-20(18)23-14(3)22-19/h6-9,12H,4-5,10-11H2,1-3H3. The molecule has 1 atom stereocenters. The minimum absolute atomic E-state index is 0.210. The molecule has 1 unspecified atom stereocenters. The Kier molecular flexibility index (Phi) is 4.20. The first kappa shape index (κ1) is 16.5. The first-order chi connectivity index (χ1) is 12.0. The van der Waals surface area contributed by atoms with Crippen molar-refractivity contribution in [2.75, 3.05) is 18.0 Å². The van der Waals surface area contributed by atoms with E-state index < -0.39 is 0 Å². The molecule has 25 heavy (non-hydrogen) atoms. The minimum Gasteiger partial charge on any atom is -0.356 e. The Hall–Kier alpha value is -2.01. The summed E-state index contributed by atoms with van der Waals surface area (Å²) >= 11 is 1.70. The average Bonchev–Trinajstić information content (AvgIpc) is 2.90. The molecular formula is C20H22FN3S. The van der Waals surface area contributed by atoms with Gasteiger partial charge in [0.05, 0.1) is 5.39 Å². The number of benzene rings is 1. The number of aryl methyl sites for hydroxylation is 2. The summed E-state index contributed by atoms with van der Waals surface area (Å²) in [5.74, 6) is 2.32. The fraction of sp³-hybridized carbons (Fsp3) is 0.400. The Morgan fingerprint density at radius 2 is 1.92 bits per heavy atom. The number of thiophene rings is 1. The SMILES string of the molecule is Cc1nc(N2CCCC(C)C2)c2c(-c3ccc(F)cc3)c(C)sc2n1. The van der Waals surface area contributed by atoms with Crippen LogP contribution in [-0.2, 0) is 0 Å². The van der Waals surface area contributed by atoms with Gasteiger partial charge in [-0.3, -0.25) is 0 Å². The smallest absolute Gasteiger partial charge is 0.141 e. The maximum atomic E-state index is 13.4. The molecule has 0 radical (unpaired) electrons. The molecule has 1 fully saturated rings. The van der Waals surface area contributed by atoms with E-state index in [-0.39, 0.29) is 5.82 Å². The Labute approximate surface area is 151 Å². The van der Waals surface area contributed by atoms with E-state index in [1.807, 2.05) is 19.1 Å². The van der Waals surface area contributed by atoms with Crippen LogP contribution in [0.3, 0.4) is 0 Å². The van der Waals surface area contributed by atoms with Crippen molar-refractivity contribution in [2.24, 2.45) is 5.92 Å². The molecule has 5 heteroatoms. The number of piperidine rings is 1. The first-order valence-corrected chi connectivity index (χ1v) is 9.63.